The zero-order valence-electron chi connectivity index (χ0n) is 10.8. The van der Waals surface area contributed by atoms with E-state index in [-0.39, 0.29) is 12.4 Å². The highest BCUT2D eigenvalue weighted by atomic mass is 32.1. The van der Waals surface area contributed by atoms with E-state index in [0.29, 0.717) is 17.5 Å². The van der Waals surface area contributed by atoms with Crippen LogP contribution in [0, 0.1) is 11.7 Å². The SMILES string of the molecule is NC(=S)c1ccc(F)cc1CN1CCC(CO)CC1. The quantitative estimate of drug-likeness (QED) is 0.825. The molecule has 1 aromatic carbocycles. The summed E-state index contributed by atoms with van der Waals surface area (Å²) in [5, 5.41) is 9.12. The van der Waals surface area contributed by atoms with Gasteiger partial charge in [-0.3, -0.25) is 4.90 Å². The lowest BCUT2D eigenvalue weighted by Gasteiger charge is -2.31. The standard InChI is InChI=1S/C14H19FN2OS/c15-12-1-2-13(14(16)19)11(7-12)8-17-5-3-10(9-18)4-6-17/h1-2,7,10,18H,3-6,8-9H2,(H2,16,19). The fourth-order valence-corrected chi connectivity index (χ4v) is 2.70. The molecule has 1 aromatic rings. The van der Waals surface area contributed by atoms with Gasteiger partial charge in [0.05, 0.1) is 0 Å². The average molecular weight is 282 g/mol. The molecule has 3 nitrogen and oxygen atoms in total. The Labute approximate surface area is 118 Å². The third-order valence-electron chi connectivity index (χ3n) is 3.69. The molecule has 0 atom stereocenters. The minimum atomic E-state index is -0.264. The lowest BCUT2D eigenvalue weighted by atomic mass is 9.97. The van der Waals surface area contributed by atoms with Gasteiger partial charge in [-0.25, -0.2) is 4.39 Å². The monoisotopic (exact) mass is 282 g/mol. The van der Waals surface area contributed by atoms with Gasteiger partial charge in [0.1, 0.15) is 10.8 Å². The zero-order valence-corrected chi connectivity index (χ0v) is 11.6. The van der Waals surface area contributed by atoms with Crippen molar-refractivity contribution in [2.45, 2.75) is 19.4 Å². The summed E-state index contributed by atoms with van der Waals surface area (Å²) in [6.07, 6.45) is 1.96. The van der Waals surface area contributed by atoms with E-state index in [0.717, 1.165) is 37.1 Å². The van der Waals surface area contributed by atoms with E-state index in [2.05, 4.69) is 4.90 Å². The molecule has 0 amide bonds. The van der Waals surface area contributed by atoms with Crippen molar-refractivity contribution in [1.29, 1.82) is 0 Å². The molecule has 5 heteroatoms. The number of thiocarbonyl (C=S) groups is 1. The predicted molar refractivity (Wildman–Crippen MR) is 77.4 cm³/mol. The van der Waals surface area contributed by atoms with Crippen LogP contribution in [0.4, 0.5) is 4.39 Å². The second kappa shape index (κ2) is 6.41. The molecule has 0 radical (unpaired) electrons. The minimum Gasteiger partial charge on any atom is -0.396 e. The van der Waals surface area contributed by atoms with Crippen molar-refractivity contribution in [1.82, 2.24) is 4.90 Å². The maximum Gasteiger partial charge on any atom is 0.123 e. The predicted octanol–water partition coefficient (Wildman–Crippen LogP) is 1.66. The van der Waals surface area contributed by atoms with E-state index >= 15 is 0 Å². The van der Waals surface area contributed by atoms with Crippen molar-refractivity contribution in [3.05, 3.63) is 35.1 Å². The lowest BCUT2D eigenvalue weighted by Crippen LogP contribution is -2.34. The summed E-state index contributed by atoms with van der Waals surface area (Å²) in [6, 6.07) is 4.54. The smallest absolute Gasteiger partial charge is 0.123 e. The van der Waals surface area contributed by atoms with Gasteiger partial charge in [0, 0.05) is 18.7 Å². The number of piperidine rings is 1. The Morgan fingerprint density at radius 2 is 2.11 bits per heavy atom. The number of benzene rings is 1. The zero-order chi connectivity index (χ0) is 13.8. The van der Waals surface area contributed by atoms with Gasteiger partial charge in [-0.2, -0.15) is 0 Å². The lowest BCUT2D eigenvalue weighted by molar-refractivity contribution is 0.127. The highest BCUT2D eigenvalue weighted by molar-refractivity contribution is 7.80. The van der Waals surface area contributed by atoms with E-state index in [1.807, 2.05) is 0 Å². The second-order valence-corrected chi connectivity index (χ2v) is 5.51. The number of aliphatic hydroxyl groups is 1. The van der Waals surface area contributed by atoms with Gasteiger partial charge in [-0.05, 0) is 55.6 Å². The summed E-state index contributed by atoms with van der Waals surface area (Å²) >= 11 is 5.00. The summed E-state index contributed by atoms with van der Waals surface area (Å²) in [6.45, 7) is 2.74. The van der Waals surface area contributed by atoms with E-state index in [1.165, 1.54) is 12.1 Å². The molecule has 19 heavy (non-hydrogen) atoms. The van der Waals surface area contributed by atoms with Crippen LogP contribution in [0.15, 0.2) is 18.2 Å². The van der Waals surface area contributed by atoms with Crippen LogP contribution in [0.3, 0.4) is 0 Å². The number of hydrogen-bond acceptors (Lipinski definition) is 3. The molecule has 1 aliphatic rings. The van der Waals surface area contributed by atoms with Crippen LogP contribution in [0.25, 0.3) is 0 Å². The molecular formula is C14H19FN2OS. The minimum absolute atomic E-state index is 0.256. The van der Waals surface area contributed by atoms with Gasteiger partial charge in [0.25, 0.3) is 0 Å². The van der Waals surface area contributed by atoms with E-state index < -0.39 is 0 Å². The summed E-state index contributed by atoms with van der Waals surface area (Å²) < 4.78 is 13.3. The Bertz CT molecular complexity index is 459. The van der Waals surface area contributed by atoms with Crippen LogP contribution >= 0.6 is 12.2 Å². The Morgan fingerprint density at radius 1 is 1.42 bits per heavy atom. The van der Waals surface area contributed by atoms with Crippen LogP contribution < -0.4 is 5.73 Å². The molecule has 104 valence electrons. The molecule has 3 N–H and O–H groups in total. The van der Waals surface area contributed by atoms with Crippen molar-refractivity contribution < 1.29 is 9.50 Å². The number of rotatable bonds is 4. The molecular weight excluding hydrogens is 263 g/mol. The van der Waals surface area contributed by atoms with Crippen molar-refractivity contribution in [3.63, 3.8) is 0 Å². The Hall–Kier alpha value is -1.04. The second-order valence-electron chi connectivity index (χ2n) is 5.07. The number of aliphatic hydroxyl groups excluding tert-OH is 1. The fraction of sp³-hybridized carbons (Fsp3) is 0.500. The summed E-state index contributed by atoms with van der Waals surface area (Å²) in [4.78, 5) is 2.56. The van der Waals surface area contributed by atoms with Crippen LogP contribution in [0.1, 0.15) is 24.0 Å². The van der Waals surface area contributed by atoms with Crippen LogP contribution in [0.5, 0.6) is 0 Å². The Kier molecular flexibility index (Phi) is 4.85. The van der Waals surface area contributed by atoms with Crippen molar-refractivity contribution in [3.8, 4) is 0 Å². The number of hydrogen-bond donors (Lipinski definition) is 2. The van der Waals surface area contributed by atoms with Crippen molar-refractivity contribution in [2.24, 2.45) is 11.7 Å². The molecule has 0 bridgehead atoms. The normalized spacial score (nSPS) is 17.6. The molecule has 1 aliphatic heterocycles. The largest absolute Gasteiger partial charge is 0.396 e. The summed E-state index contributed by atoms with van der Waals surface area (Å²) in [7, 11) is 0. The van der Waals surface area contributed by atoms with Crippen molar-refractivity contribution >= 4 is 17.2 Å². The Balaban J connectivity index is 2.06. The van der Waals surface area contributed by atoms with E-state index in [1.54, 1.807) is 6.07 Å². The molecule has 0 aromatic heterocycles. The van der Waals surface area contributed by atoms with Crippen LogP contribution in [-0.4, -0.2) is 34.7 Å². The van der Waals surface area contributed by atoms with Gasteiger partial charge < -0.3 is 10.8 Å². The van der Waals surface area contributed by atoms with Crippen LogP contribution in [0.2, 0.25) is 0 Å². The van der Waals surface area contributed by atoms with Crippen molar-refractivity contribution in [2.75, 3.05) is 19.7 Å². The molecule has 1 heterocycles. The third kappa shape index (κ3) is 3.72. The first-order chi connectivity index (χ1) is 9.10. The van der Waals surface area contributed by atoms with Gasteiger partial charge >= 0.3 is 0 Å². The van der Waals surface area contributed by atoms with Gasteiger partial charge in [0.15, 0.2) is 0 Å². The molecule has 0 aliphatic carbocycles. The number of likely N-dealkylation sites (tertiary alicyclic amines) is 1. The topological polar surface area (TPSA) is 49.5 Å². The van der Waals surface area contributed by atoms with E-state index in [4.69, 9.17) is 23.1 Å². The van der Waals surface area contributed by atoms with Gasteiger partial charge in [-0.15, -0.1) is 0 Å². The number of halogens is 1. The maximum absolute atomic E-state index is 13.3. The first-order valence-electron chi connectivity index (χ1n) is 6.51. The first kappa shape index (κ1) is 14.4. The molecule has 0 saturated carbocycles. The molecule has 1 fully saturated rings. The first-order valence-corrected chi connectivity index (χ1v) is 6.92. The highest BCUT2D eigenvalue weighted by Crippen LogP contribution is 2.20. The maximum atomic E-state index is 13.3. The Morgan fingerprint density at radius 3 is 2.68 bits per heavy atom. The average Bonchev–Trinajstić information content (AvgIpc) is 2.39. The number of nitrogens with two attached hydrogens (primary N) is 1. The highest BCUT2D eigenvalue weighted by Gasteiger charge is 2.19. The van der Waals surface area contributed by atoms with Crippen LogP contribution in [-0.2, 0) is 6.54 Å². The summed E-state index contributed by atoms with van der Waals surface area (Å²) in [5.74, 6) is 0.138. The molecule has 2 rings (SSSR count). The molecule has 0 unspecified atom stereocenters. The summed E-state index contributed by atoms with van der Waals surface area (Å²) in [5.41, 5.74) is 7.26. The van der Waals surface area contributed by atoms with Gasteiger partial charge in [0.2, 0.25) is 0 Å². The third-order valence-corrected chi connectivity index (χ3v) is 3.91. The molecule has 1 saturated heterocycles. The fourth-order valence-electron chi connectivity index (χ4n) is 2.50. The van der Waals surface area contributed by atoms with E-state index in [9.17, 15) is 4.39 Å². The number of nitrogens with zero attached hydrogens (tertiary/aromatic N) is 1. The molecule has 0 spiro atoms. The van der Waals surface area contributed by atoms with Gasteiger partial charge in [-0.1, -0.05) is 12.2 Å².